The Hall–Kier alpha value is -0.890. The van der Waals surface area contributed by atoms with Gasteiger partial charge in [-0.15, -0.1) is 0 Å². The van der Waals surface area contributed by atoms with Crippen LogP contribution in [0.15, 0.2) is 11.1 Å². The van der Waals surface area contributed by atoms with Crippen molar-refractivity contribution in [3.8, 4) is 0 Å². The van der Waals surface area contributed by atoms with E-state index in [9.17, 15) is 39.5 Å². The molecule has 0 aliphatic heterocycles. The van der Waals surface area contributed by atoms with Gasteiger partial charge in [-0.05, 0) is 6.92 Å². The molecule has 0 aromatic rings. The van der Waals surface area contributed by atoms with E-state index in [4.69, 9.17) is 0 Å². The van der Waals surface area contributed by atoms with Crippen LogP contribution in [0.3, 0.4) is 0 Å². The van der Waals surface area contributed by atoms with Crippen LogP contribution < -0.4 is 0 Å². The maximum Gasteiger partial charge on any atom is 0.421 e. The molecule has 104 valence electrons. The Labute approximate surface area is 91.1 Å². The van der Waals surface area contributed by atoms with Crippen molar-refractivity contribution in [1.82, 2.24) is 0 Å². The van der Waals surface area contributed by atoms with Crippen LogP contribution in [0, 0.1) is 0 Å². The molecule has 0 fully saturated rings. The average molecular weight is 276 g/mol. The van der Waals surface area contributed by atoms with E-state index in [2.05, 4.69) is 0 Å². The first kappa shape index (κ1) is 18.5. The molecule has 0 aliphatic rings. The van der Waals surface area contributed by atoms with Crippen molar-refractivity contribution < 1.29 is 39.5 Å². The van der Waals surface area contributed by atoms with Crippen molar-refractivity contribution in [2.45, 2.75) is 39.3 Å². The lowest BCUT2D eigenvalue weighted by Crippen LogP contribution is -2.31. The monoisotopic (exact) mass is 276 g/mol. The van der Waals surface area contributed by atoms with Gasteiger partial charge >= 0.3 is 18.5 Å². The Balaban J connectivity index is 0. The second-order valence-electron chi connectivity index (χ2n) is 2.49. The lowest BCUT2D eigenvalue weighted by Gasteiger charge is -2.19. The number of hydrogen-bond acceptors (Lipinski definition) is 0. The minimum Gasteiger partial charge on any atom is -0.166 e. The summed E-state index contributed by atoms with van der Waals surface area (Å²) in [6.07, 6.45) is -17.8. The molecule has 0 bridgehead atoms. The van der Waals surface area contributed by atoms with Gasteiger partial charge in [-0.2, -0.15) is 39.5 Å². The van der Waals surface area contributed by atoms with Gasteiger partial charge in [-0.1, -0.05) is 13.8 Å². The lowest BCUT2D eigenvalue weighted by atomic mass is 10.1. The van der Waals surface area contributed by atoms with Crippen LogP contribution in [0.1, 0.15) is 20.8 Å². The van der Waals surface area contributed by atoms with Crippen LogP contribution >= 0.6 is 0 Å². The van der Waals surface area contributed by atoms with Crippen LogP contribution in [0.5, 0.6) is 0 Å². The molecule has 0 saturated heterocycles. The predicted octanol–water partition coefficient (Wildman–Crippen LogP) is 5.02. The molecule has 0 spiro atoms. The molecule has 17 heavy (non-hydrogen) atoms. The van der Waals surface area contributed by atoms with Crippen LogP contribution in [0.25, 0.3) is 0 Å². The molecule has 9 heteroatoms. The fraction of sp³-hybridized carbons (Fsp3) is 0.750. The van der Waals surface area contributed by atoms with Gasteiger partial charge in [-0.3, -0.25) is 0 Å². The standard InChI is InChI=1S/C6H3F9.C2H6/c1-2(4(7,8)9)3(5(10,11)12)6(13,14)15;1-2/h1H3;1-2H3. The summed E-state index contributed by atoms with van der Waals surface area (Å²) in [7, 11) is 0. The zero-order chi connectivity index (χ0) is 14.7. The molecule has 0 aliphatic carbocycles. The van der Waals surface area contributed by atoms with Gasteiger partial charge in [0.2, 0.25) is 0 Å². The largest absolute Gasteiger partial charge is 0.421 e. The molecule has 0 atom stereocenters. The first-order valence-corrected chi connectivity index (χ1v) is 4.20. The number of alkyl halides is 9. The topological polar surface area (TPSA) is 0 Å². The van der Waals surface area contributed by atoms with E-state index in [1.54, 1.807) is 0 Å². The average Bonchev–Trinajstić information content (AvgIpc) is 2.00. The zero-order valence-electron chi connectivity index (χ0n) is 8.90. The van der Waals surface area contributed by atoms with E-state index in [1.807, 2.05) is 13.8 Å². The summed E-state index contributed by atoms with van der Waals surface area (Å²) in [5, 5.41) is 0. The Morgan fingerprint density at radius 1 is 0.588 bits per heavy atom. The Morgan fingerprint density at radius 3 is 0.882 bits per heavy atom. The van der Waals surface area contributed by atoms with Gasteiger partial charge < -0.3 is 0 Å². The van der Waals surface area contributed by atoms with Gasteiger partial charge in [0.15, 0.2) is 0 Å². The first-order chi connectivity index (χ1) is 7.28. The predicted molar refractivity (Wildman–Crippen MR) is 42.2 cm³/mol. The van der Waals surface area contributed by atoms with E-state index < -0.39 is 29.7 Å². The van der Waals surface area contributed by atoms with Crippen LogP contribution in [0.2, 0.25) is 0 Å². The van der Waals surface area contributed by atoms with Crippen molar-refractivity contribution in [2.24, 2.45) is 0 Å². The molecule has 0 rings (SSSR count). The van der Waals surface area contributed by atoms with Crippen molar-refractivity contribution in [2.75, 3.05) is 0 Å². The molecule has 0 nitrogen and oxygen atoms in total. The molecule has 0 heterocycles. The number of allylic oxidation sites excluding steroid dienone is 2. The highest BCUT2D eigenvalue weighted by Crippen LogP contribution is 2.44. The maximum atomic E-state index is 11.7. The SMILES string of the molecule is CC.CC(=C(C(F)(F)F)C(F)(F)F)C(F)(F)F. The van der Waals surface area contributed by atoms with Crippen molar-refractivity contribution in [3.05, 3.63) is 11.1 Å². The summed E-state index contributed by atoms with van der Waals surface area (Å²) in [6, 6.07) is 0. The Kier molecular flexibility index (Phi) is 6.12. The number of rotatable bonds is 0. The molecule has 0 unspecified atom stereocenters. The summed E-state index contributed by atoms with van der Waals surface area (Å²) in [5.41, 5.74) is -6.23. The summed E-state index contributed by atoms with van der Waals surface area (Å²) in [4.78, 5) is 0. The van der Waals surface area contributed by atoms with E-state index in [-0.39, 0.29) is 6.92 Å². The molecule has 0 N–H and O–H groups in total. The summed E-state index contributed by atoms with van der Waals surface area (Å²) >= 11 is 0. The molecular formula is C8H9F9. The smallest absolute Gasteiger partial charge is 0.166 e. The van der Waals surface area contributed by atoms with E-state index in [0.29, 0.717) is 0 Å². The van der Waals surface area contributed by atoms with Crippen LogP contribution in [-0.2, 0) is 0 Å². The highest BCUT2D eigenvalue weighted by Gasteiger charge is 2.55. The summed E-state index contributed by atoms with van der Waals surface area (Å²) in [6.45, 7) is 3.73. The molecule has 0 radical (unpaired) electrons. The first-order valence-electron chi connectivity index (χ1n) is 4.20. The number of halogens is 9. The molecule has 0 aromatic heterocycles. The van der Waals surface area contributed by atoms with Gasteiger partial charge in [0, 0.05) is 5.57 Å². The Bertz CT molecular complexity index is 246. The second-order valence-corrected chi connectivity index (χ2v) is 2.49. The normalized spacial score (nSPS) is 12.7. The third kappa shape index (κ3) is 5.83. The summed E-state index contributed by atoms with van der Waals surface area (Å²) in [5.74, 6) is 0. The minimum absolute atomic E-state index is 0.268. The third-order valence-corrected chi connectivity index (χ3v) is 1.37. The van der Waals surface area contributed by atoms with Crippen LogP contribution in [0.4, 0.5) is 39.5 Å². The van der Waals surface area contributed by atoms with Gasteiger partial charge in [0.25, 0.3) is 0 Å². The van der Waals surface area contributed by atoms with E-state index >= 15 is 0 Å². The van der Waals surface area contributed by atoms with Crippen molar-refractivity contribution in [3.63, 3.8) is 0 Å². The Morgan fingerprint density at radius 2 is 0.824 bits per heavy atom. The van der Waals surface area contributed by atoms with Crippen LogP contribution in [-0.4, -0.2) is 18.5 Å². The second kappa shape index (κ2) is 5.63. The highest BCUT2D eigenvalue weighted by atomic mass is 19.4. The zero-order valence-corrected chi connectivity index (χ0v) is 8.90. The fourth-order valence-electron chi connectivity index (χ4n) is 0.728. The van der Waals surface area contributed by atoms with Gasteiger partial charge in [0.05, 0.1) is 0 Å². The molecule has 0 saturated carbocycles. The number of hydrogen-bond donors (Lipinski definition) is 0. The van der Waals surface area contributed by atoms with Crippen molar-refractivity contribution >= 4 is 0 Å². The molecule has 0 aromatic carbocycles. The lowest BCUT2D eigenvalue weighted by molar-refractivity contribution is -0.181. The minimum atomic E-state index is -6.09. The van der Waals surface area contributed by atoms with Gasteiger partial charge in [0.1, 0.15) is 5.57 Å². The quantitative estimate of drug-likeness (QED) is 0.430. The fourth-order valence-corrected chi connectivity index (χ4v) is 0.728. The molecular weight excluding hydrogens is 267 g/mol. The highest BCUT2D eigenvalue weighted by molar-refractivity contribution is 5.25. The molecule has 0 amide bonds. The van der Waals surface area contributed by atoms with Crippen molar-refractivity contribution in [1.29, 1.82) is 0 Å². The summed E-state index contributed by atoms with van der Waals surface area (Å²) < 4.78 is 105. The maximum absolute atomic E-state index is 11.7. The third-order valence-electron chi connectivity index (χ3n) is 1.37. The van der Waals surface area contributed by atoms with E-state index in [1.165, 1.54) is 0 Å². The van der Waals surface area contributed by atoms with E-state index in [0.717, 1.165) is 0 Å². The van der Waals surface area contributed by atoms with Gasteiger partial charge in [-0.25, -0.2) is 0 Å².